The first-order valence-electron chi connectivity index (χ1n) is 7.41. The number of hydrogen-bond donors (Lipinski definition) is 1. The summed E-state index contributed by atoms with van der Waals surface area (Å²) < 4.78 is 19.2. The first-order chi connectivity index (χ1) is 11.0. The molecule has 1 aromatic carbocycles. The summed E-state index contributed by atoms with van der Waals surface area (Å²) in [4.78, 5) is 11.9. The van der Waals surface area contributed by atoms with Gasteiger partial charge in [0, 0.05) is 22.4 Å². The molecule has 1 aromatic heterocycles. The Morgan fingerprint density at radius 3 is 2.83 bits per heavy atom. The second-order valence-electron chi connectivity index (χ2n) is 5.24. The summed E-state index contributed by atoms with van der Waals surface area (Å²) in [5, 5.41) is 3.27. The van der Waals surface area contributed by atoms with Crippen molar-refractivity contribution in [3.8, 4) is 0 Å². The van der Waals surface area contributed by atoms with Crippen molar-refractivity contribution in [3.05, 3.63) is 58.3 Å². The third kappa shape index (κ3) is 5.01. The number of thioether (sulfide) groups is 1. The Hall–Kier alpha value is -1.46. The highest BCUT2D eigenvalue weighted by Crippen LogP contribution is 2.26. The second kappa shape index (κ2) is 8.41. The fourth-order valence-electron chi connectivity index (χ4n) is 1.90. The van der Waals surface area contributed by atoms with Crippen molar-refractivity contribution in [2.24, 2.45) is 0 Å². The lowest BCUT2D eigenvalue weighted by Gasteiger charge is -2.09. The van der Waals surface area contributed by atoms with Crippen molar-refractivity contribution in [1.29, 1.82) is 0 Å². The van der Waals surface area contributed by atoms with Crippen LogP contribution in [0, 0.1) is 5.82 Å². The molecule has 0 fully saturated rings. The van der Waals surface area contributed by atoms with Crippen LogP contribution in [0.2, 0.25) is 5.02 Å². The van der Waals surface area contributed by atoms with Gasteiger partial charge in [0.2, 0.25) is 0 Å². The van der Waals surface area contributed by atoms with Crippen LogP contribution < -0.4 is 5.32 Å². The summed E-state index contributed by atoms with van der Waals surface area (Å²) in [5.41, 5.74) is 0.487. The molecule has 1 amide bonds. The molecule has 0 aliphatic carbocycles. The molecule has 0 bridgehead atoms. The van der Waals surface area contributed by atoms with Gasteiger partial charge >= 0.3 is 0 Å². The molecule has 0 saturated carbocycles. The number of carbonyl (C=O) groups excluding carboxylic acids is 1. The number of rotatable bonds is 7. The average molecular weight is 356 g/mol. The number of carbonyl (C=O) groups is 1. The Kier molecular flexibility index (Phi) is 6.54. The van der Waals surface area contributed by atoms with Crippen molar-refractivity contribution in [2.45, 2.75) is 37.8 Å². The first kappa shape index (κ1) is 17.9. The lowest BCUT2D eigenvalue weighted by Crippen LogP contribution is -2.31. The fraction of sp³-hybridized carbons (Fsp3) is 0.353. The number of nitrogens with one attached hydrogen (secondary N) is 1. The lowest BCUT2D eigenvalue weighted by atomic mass is 10.2. The molecule has 1 unspecified atom stereocenters. The minimum absolute atomic E-state index is 0.105. The molecule has 23 heavy (non-hydrogen) atoms. The van der Waals surface area contributed by atoms with Crippen molar-refractivity contribution in [3.63, 3.8) is 0 Å². The van der Waals surface area contributed by atoms with Gasteiger partial charge in [-0.05, 0) is 37.6 Å². The second-order valence-corrected chi connectivity index (χ2v) is 6.63. The standard InChI is InChI=1S/C17H19ClFNO2S/c1-3-11(2)20-17(21)16-8-7-12(22-16)9-23-10-13-14(18)5-4-6-15(13)19/h4-8,11H,3,9-10H2,1-2H3,(H,20,21). The van der Waals surface area contributed by atoms with Gasteiger partial charge in [-0.1, -0.05) is 24.6 Å². The van der Waals surface area contributed by atoms with Crippen LogP contribution in [-0.4, -0.2) is 11.9 Å². The van der Waals surface area contributed by atoms with E-state index in [0.29, 0.717) is 33.6 Å². The third-order valence-corrected chi connectivity index (χ3v) is 4.76. The van der Waals surface area contributed by atoms with Crippen LogP contribution in [0.15, 0.2) is 34.7 Å². The van der Waals surface area contributed by atoms with Crippen LogP contribution in [0.3, 0.4) is 0 Å². The van der Waals surface area contributed by atoms with Gasteiger partial charge in [-0.3, -0.25) is 4.79 Å². The van der Waals surface area contributed by atoms with E-state index in [0.717, 1.165) is 6.42 Å². The normalized spacial score (nSPS) is 12.2. The molecule has 1 atom stereocenters. The van der Waals surface area contributed by atoms with Gasteiger partial charge in [0.15, 0.2) is 5.76 Å². The highest BCUT2D eigenvalue weighted by molar-refractivity contribution is 7.97. The topological polar surface area (TPSA) is 42.2 Å². The average Bonchev–Trinajstić information content (AvgIpc) is 2.99. The Morgan fingerprint density at radius 1 is 1.35 bits per heavy atom. The molecular formula is C17H19ClFNO2S. The molecule has 0 aliphatic heterocycles. The molecule has 0 aliphatic rings. The maximum Gasteiger partial charge on any atom is 0.287 e. The van der Waals surface area contributed by atoms with Crippen LogP contribution >= 0.6 is 23.4 Å². The van der Waals surface area contributed by atoms with Crippen LogP contribution in [-0.2, 0) is 11.5 Å². The minimum atomic E-state index is -0.307. The van der Waals surface area contributed by atoms with Gasteiger partial charge in [-0.25, -0.2) is 4.39 Å². The predicted molar refractivity (Wildman–Crippen MR) is 92.3 cm³/mol. The van der Waals surface area contributed by atoms with E-state index in [9.17, 15) is 9.18 Å². The van der Waals surface area contributed by atoms with E-state index in [2.05, 4.69) is 5.32 Å². The molecule has 2 rings (SSSR count). The van der Waals surface area contributed by atoms with E-state index >= 15 is 0 Å². The van der Waals surface area contributed by atoms with Gasteiger partial charge in [0.05, 0.1) is 5.75 Å². The van der Waals surface area contributed by atoms with Crippen LogP contribution in [0.4, 0.5) is 4.39 Å². The van der Waals surface area contributed by atoms with Crippen molar-refractivity contribution >= 4 is 29.3 Å². The van der Waals surface area contributed by atoms with Crippen LogP contribution in [0.1, 0.15) is 42.1 Å². The number of halogens is 2. The number of amides is 1. The Labute approximate surface area is 144 Å². The lowest BCUT2D eigenvalue weighted by molar-refractivity contribution is 0.0910. The van der Waals surface area contributed by atoms with E-state index < -0.39 is 0 Å². The first-order valence-corrected chi connectivity index (χ1v) is 8.94. The Balaban J connectivity index is 1.89. The summed E-state index contributed by atoms with van der Waals surface area (Å²) in [6.07, 6.45) is 0.860. The quantitative estimate of drug-likeness (QED) is 0.757. The van der Waals surface area contributed by atoms with Gasteiger partial charge in [-0.2, -0.15) is 0 Å². The van der Waals surface area contributed by atoms with Gasteiger partial charge in [0.1, 0.15) is 11.6 Å². The summed E-state index contributed by atoms with van der Waals surface area (Å²) >= 11 is 7.47. The SMILES string of the molecule is CCC(C)NC(=O)c1ccc(CSCc2c(F)cccc2Cl)o1. The van der Waals surface area contributed by atoms with E-state index in [1.807, 2.05) is 13.8 Å². The summed E-state index contributed by atoms with van der Waals surface area (Å²) in [7, 11) is 0. The van der Waals surface area contributed by atoms with E-state index in [4.69, 9.17) is 16.0 Å². The zero-order chi connectivity index (χ0) is 16.8. The molecule has 0 radical (unpaired) electrons. The van der Waals surface area contributed by atoms with Crippen LogP contribution in [0.5, 0.6) is 0 Å². The highest BCUT2D eigenvalue weighted by atomic mass is 35.5. The highest BCUT2D eigenvalue weighted by Gasteiger charge is 2.13. The van der Waals surface area contributed by atoms with Crippen LogP contribution in [0.25, 0.3) is 0 Å². The Bertz CT molecular complexity index is 654. The van der Waals surface area contributed by atoms with E-state index in [1.165, 1.54) is 17.8 Å². The number of benzene rings is 1. The zero-order valence-electron chi connectivity index (χ0n) is 13.1. The molecule has 1 heterocycles. The van der Waals surface area contributed by atoms with Crippen molar-refractivity contribution in [1.82, 2.24) is 5.32 Å². The number of hydrogen-bond acceptors (Lipinski definition) is 3. The van der Waals surface area contributed by atoms with Crippen molar-refractivity contribution in [2.75, 3.05) is 0 Å². The summed E-state index contributed by atoms with van der Waals surface area (Å²) in [6.45, 7) is 3.94. The summed E-state index contributed by atoms with van der Waals surface area (Å²) in [5.74, 6) is 1.44. The molecule has 3 nitrogen and oxygen atoms in total. The zero-order valence-corrected chi connectivity index (χ0v) is 14.6. The molecule has 2 aromatic rings. The molecule has 6 heteroatoms. The molecule has 1 N–H and O–H groups in total. The molecule has 124 valence electrons. The largest absolute Gasteiger partial charge is 0.455 e. The number of furan rings is 1. The molecule has 0 spiro atoms. The molecular weight excluding hydrogens is 337 g/mol. The molecule has 0 saturated heterocycles. The monoisotopic (exact) mass is 355 g/mol. The maximum atomic E-state index is 13.7. The predicted octanol–water partition coefficient (Wildman–Crippen LogP) is 5.03. The Morgan fingerprint density at radius 2 is 2.13 bits per heavy atom. The van der Waals surface area contributed by atoms with Gasteiger partial charge in [0.25, 0.3) is 5.91 Å². The van der Waals surface area contributed by atoms with Crippen molar-refractivity contribution < 1.29 is 13.6 Å². The van der Waals surface area contributed by atoms with E-state index in [1.54, 1.807) is 24.3 Å². The minimum Gasteiger partial charge on any atom is -0.455 e. The fourth-order valence-corrected chi connectivity index (χ4v) is 3.16. The van der Waals surface area contributed by atoms with E-state index in [-0.39, 0.29) is 17.8 Å². The van der Waals surface area contributed by atoms with Gasteiger partial charge < -0.3 is 9.73 Å². The smallest absolute Gasteiger partial charge is 0.287 e. The summed E-state index contributed by atoms with van der Waals surface area (Å²) in [6, 6.07) is 8.18. The third-order valence-electron chi connectivity index (χ3n) is 3.43. The maximum absolute atomic E-state index is 13.7. The van der Waals surface area contributed by atoms with Gasteiger partial charge in [-0.15, -0.1) is 11.8 Å².